The largest absolute Gasteiger partial charge is 0.494 e. The molecule has 2 aromatic carbocycles. The Hall–Kier alpha value is -3.39. The van der Waals surface area contributed by atoms with Crippen molar-refractivity contribution in [1.82, 2.24) is 14.9 Å². The average Bonchev–Trinajstić information content (AvgIpc) is 2.72. The number of benzene rings is 2. The van der Waals surface area contributed by atoms with E-state index in [1.165, 1.54) is 4.57 Å². The summed E-state index contributed by atoms with van der Waals surface area (Å²) in [5, 5.41) is 3.22. The topological polar surface area (TPSA) is 110 Å². The van der Waals surface area contributed by atoms with Gasteiger partial charge < -0.3 is 20.5 Å². The van der Waals surface area contributed by atoms with Crippen LogP contribution in [0.4, 0.5) is 4.79 Å². The molecular formula is C23H29N4O4+. The van der Waals surface area contributed by atoms with Crippen LogP contribution in [0.2, 0.25) is 0 Å². The number of alkyl carbamates (subject to hydrolysis) is 1. The fourth-order valence-electron chi connectivity index (χ4n) is 3.14. The molecule has 3 aromatic rings. The van der Waals surface area contributed by atoms with Crippen LogP contribution < -0.4 is 21.3 Å². The van der Waals surface area contributed by atoms with Crippen molar-refractivity contribution in [1.29, 1.82) is 0 Å². The van der Waals surface area contributed by atoms with Gasteiger partial charge in [-0.2, -0.15) is 0 Å². The van der Waals surface area contributed by atoms with Crippen molar-refractivity contribution in [3.8, 4) is 11.4 Å². The van der Waals surface area contributed by atoms with Gasteiger partial charge in [-0.05, 0) is 64.1 Å². The number of carbonyl (C=O) groups is 1. The van der Waals surface area contributed by atoms with Crippen LogP contribution in [0.25, 0.3) is 16.6 Å². The van der Waals surface area contributed by atoms with Crippen LogP contribution in [0.15, 0.2) is 53.3 Å². The number of ether oxygens (including phenoxy) is 2. The summed E-state index contributed by atoms with van der Waals surface area (Å²) >= 11 is 0. The molecule has 164 valence electrons. The summed E-state index contributed by atoms with van der Waals surface area (Å²) in [6.07, 6.45) is -0.545. The monoisotopic (exact) mass is 425 g/mol. The van der Waals surface area contributed by atoms with Crippen LogP contribution >= 0.6 is 0 Å². The molecule has 31 heavy (non-hydrogen) atoms. The first-order chi connectivity index (χ1) is 14.7. The first-order valence-corrected chi connectivity index (χ1v) is 10.2. The maximum atomic E-state index is 13.3. The van der Waals surface area contributed by atoms with Crippen molar-refractivity contribution in [2.75, 3.05) is 13.2 Å². The molecule has 1 unspecified atom stereocenters. The predicted molar refractivity (Wildman–Crippen MR) is 118 cm³/mol. The molecule has 0 fully saturated rings. The van der Waals surface area contributed by atoms with Crippen LogP contribution in [0.5, 0.6) is 5.75 Å². The average molecular weight is 426 g/mol. The highest BCUT2D eigenvalue weighted by atomic mass is 16.6. The Morgan fingerprint density at radius 1 is 1.16 bits per heavy atom. The molecule has 0 bridgehead atoms. The third-order valence-corrected chi connectivity index (χ3v) is 4.46. The second-order valence-electron chi connectivity index (χ2n) is 8.13. The van der Waals surface area contributed by atoms with E-state index in [1.807, 2.05) is 13.0 Å². The fraction of sp³-hybridized carbons (Fsp3) is 0.348. The first kappa shape index (κ1) is 22.3. The highest BCUT2D eigenvalue weighted by Gasteiger charge is 2.23. The molecule has 1 atom stereocenters. The summed E-state index contributed by atoms with van der Waals surface area (Å²) in [6.45, 7) is 8.01. The van der Waals surface area contributed by atoms with Crippen LogP contribution in [0.3, 0.4) is 0 Å². The Labute approximate surface area is 181 Å². The van der Waals surface area contributed by atoms with Gasteiger partial charge in [0.15, 0.2) is 11.9 Å². The lowest BCUT2D eigenvalue weighted by Crippen LogP contribution is -2.59. The number of para-hydroxylation sites is 1. The van der Waals surface area contributed by atoms with Gasteiger partial charge in [0.1, 0.15) is 11.4 Å². The van der Waals surface area contributed by atoms with Gasteiger partial charge in [-0.25, -0.2) is 9.78 Å². The van der Waals surface area contributed by atoms with Gasteiger partial charge in [0, 0.05) is 0 Å². The molecule has 1 amide bonds. The van der Waals surface area contributed by atoms with Gasteiger partial charge in [0.2, 0.25) is 0 Å². The van der Waals surface area contributed by atoms with E-state index in [4.69, 9.17) is 14.5 Å². The van der Waals surface area contributed by atoms with E-state index in [0.717, 1.165) is 0 Å². The SMILES string of the molecule is CCOc1ccc(-n2c(C([NH3+])CNC(=O)OC(C)(C)C)nc3ccccc3c2=O)cc1. The van der Waals surface area contributed by atoms with Crippen LogP contribution in [0, 0.1) is 0 Å². The highest BCUT2D eigenvalue weighted by Crippen LogP contribution is 2.19. The molecule has 1 heterocycles. The molecule has 1 aromatic heterocycles. The molecule has 0 saturated carbocycles. The number of nitrogens with one attached hydrogen (secondary N) is 1. The number of quaternary nitrogens is 1. The molecule has 0 spiro atoms. The number of rotatable bonds is 6. The first-order valence-electron chi connectivity index (χ1n) is 10.2. The summed E-state index contributed by atoms with van der Waals surface area (Å²) in [7, 11) is 0. The minimum atomic E-state index is -0.605. The number of fused-ring (bicyclic) bond motifs is 1. The lowest BCUT2D eigenvalue weighted by Gasteiger charge is -2.21. The molecular weight excluding hydrogens is 396 g/mol. The van der Waals surface area contributed by atoms with Crippen molar-refractivity contribution in [2.24, 2.45) is 0 Å². The summed E-state index contributed by atoms with van der Waals surface area (Å²) in [6, 6.07) is 13.9. The maximum Gasteiger partial charge on any atom is 0.407 e. The van der Waals surface area contributed by atoms with E-state index in [0.29, 0.717) is 34.8 Å². The van der Waals surface area contributed by atoms with Gasteiger partial charge in [0.05, 0.1) is 29.7 Å². The number of carbonyl (C=O) groups excluding carboxylic acids is 1. The minimum Gasteiger partial charge on any atom is -0.494 e. The van der Waals surface area contributed by atoms with Crippen LogP contribution in [0.1, 0.15) is 39.6 Å². The minimum absolute atomic E-state index is 0.163. The molecule has 0 radical (unpaired) electrons. The number of hydrogen-bond acceptors (Lipinski definition) is 5. The molecule has 0 aliphatic heterocycles. The van der Waals surface area contributed by atoms with Crippen molar-refractivity contribution in [3.05, 3.63) is 64.7 Å². The van der Waals surface area contributed by atoms with E-state index >= 15 is 0 Å². The Bertz CT molecular complexity index is 1120. The predicted octanol–water partition coefficient (Wildman–Crippen LogP) is 2.59. The van der Waals surface area contributed by atoms with E-state index in [1.54, 1.807) is 63.2 Å². The van der Waals surface area contributed by atoms with Crippen LogP contribution in [-0.4, -0.2) is 34.4 Å². The zero-order valence-electron chi connectivity index (χ0n) is 18.3. The summed E-state index contributed by atoms with van der Waals surface area (Å²) < 4.78 is 12.3. The number of aromatic nitrogens is 2. The Balaban J connectivity index is 2.00. The van der Waals surface area contributed by atoms with Crippen molar-refractivity contribution in [2.45, 2.75) is 39.3 Å². The quantitative estimate of drug-likeness (QED) is 0.631. The van der Waals surface area contributed by atoms with Crippen molar-refractivity contribution in [3.63, 3.8) is 0 Å². The van der Waals surface area contributed by atoms with E-state index in [9.17, 15) is 9.59 Å². The summed E-state index contributed by atoms with van der Waals surface area (Å²) in [5.74, 6) is 1.16. The highest BCUT2D eigenvalue weighted by molar-refractivity contribution is 5.78. The Kier molecular flexibility index (Phi) is 6.60. The zero-order chi connectivity index (χ0) is 22.6. The van der Waals surface area contributed by atoms with Gasteiger partial charge in [-0.1, -0.05) is 12.1 Å². The smallest absolute Gasteiger partial charge is 0.407 e. The second kappa shape index (κ2) is 9.18. The molecule has 8 heteroatoms. The Morgan fingerprint density at radius 3 is 2.48 bits per heavy atom. The van der Waals surface area contributed by atoms with Crippen molar-refractivity contribution < 1.29 is 20.0 Å². The Morgan fingerprint density at radius 2 is 1.84 bits per heavy atom. The maximum absolute atomic E-state index is 13.3. The molecule has 4 N–H and O–H groups in total. The lowest BCUT2D eigenvalue weighted by atomic mass is 10.2. The molecule has 0 aliphatic carbocycles. The molecule has 8 nitrogen and oxygen atoms in total. The van der Waals surface area contributed by atoms with E-state index < -0.39 is 17.7 Å². The lowest BCUT2D eigenvalue weighted by molar-refractivity contribution is -0.426. The number of hydrogen-bond donors (Lipinski definition) is 2. The molecule has 0 saturated heterocycles. The third-order valence-electron chi connectivity index (χ3n) is 4.46. The van der Waals surface area contributed by atoms with Gasteiger partial charge >= 0.3 is 6.09 Å². The van der Waals surface area contributed by atoms with E-state index in [2.05, 4.69) is 11.1 Å². The van der Waals surface area contributed by atoms with Gasteiger partial charge in [-0.15, -0.1) is 0 Å². The number of nitrogens with zero attached hydrogens (tertiary/aromatic N) is 2. The summed E-state index contributed by atoms with van der Waals surface area (Å²) in [4.78, 5) is 30.1. The number of amides is 1. The van der Waals surface area contributed by atoms with Gasteiger partial charge in [0.25, 0.3) is 5.56 Å². The second-order valence-corrected chi connectivity index (χ2v) is 8.13. The third kappa shape index (κ3) is 5.40. The summed E-state index contributed by atoms with van der Waals surface area (Å²) in [5.41, 5.74) is 4.56. The molecule has 0 aliphatic rings. The standard InChI is InChI=1S/C23H28N4O4/c1-5-30-16-12-10-15(11-13-16)27-20(18(24)14-25-22(29)31-23(2,3)4)26-19-9-7-6-8-17(19)21(27)28/h6-13,18H,5,14,24H2,1-4H3,(H,25,29)/p+1. The van der Waals surface area contributed by atoms with Gasteiger partial charge in [-0.3, -0.25) is 9.36 Å². The normalized spacial score (nSPS) is 12.4. The van der Waals surface area contributed by atoms with Crippen molar-refractivity contribution >= 4 is 17.0 Å². The van der Waals surface area contributed by atoms with Crippen LogP contribution in [-0.2, 0) is 4.74 Å². The van der Waals surface area contributed by atoms with E-state index in [-0.39, 0.29) is 12.1 Å². The zero-order valence-corrected chi connectivity index (χ0v) is 18.3. The fourth-order valence-corrected chi connectivity index (χ4v) is 3.14. The molecule has 3 rings (SSSR count).